The predicted molar refractivity (Wildman–Crippen MR) is 78.1 cm³/mol. The standard InChI is InChI=1S/C16H11F5O2S/c17-8-5-9(18)7-10(6-8)23-13-3-4-14(24-16(19,20)21)15-11(13)1-2-12(15)22/h3-7,12,22H,1-2H2. The summed E-state index contributed by atoms with van der Waals surface area (Å²) in [5, 5.41) is 9.98. The van der Waals surface area contributed by atoms with E-state index in [1.165, 1.54) is 12.1 Å². The number of halogens is 5. The van der Waals surface area contributed by atoms with Gasteiger partial charge >= 0.3 is 5.51 Å². The lowest BCUT2D eigenvalue weighted by Crippen LogP contribution is -2.03. The van der Waals surface area contributed by atoms with E-state index in [2.05, 4.69) is 0 Å². The number of ether oxygens (including phenoxy) is 1. The fraction of sp³-hybridized carbons (Fsp3) is 0.250. The van der Waals surface area contributed by atoms with Gasteiger partial charge in [-0.3, -0.25) is 0 Å². The summed E-state index contributed by atoms with van der Waals surface area (Å²) in [4.78, 5) is -0.0970. The van der Waals surface area contributed by atoms with Crippen molar-refractivity contribution in [1.82, 2.24) is 0 Å². The summed E-state index contributed by atoms with van der Waals surface area (Å²) in [6.07, 6.45) is -0.452. The predicted octanol–water partition coefficient (Wildman–Crippen LogP) is 5.35. The second kappa shape index (κ2) is 6.25. The zero-order chi connectivity index (χ0) is 17.5. The molecule has 0 amide bonds. The van der Waals surface area contributed by atoms with Crippen molar-refractivity contribution in [2.24, 2.45) is 0 Å². The van der Waals surface area contributed by atoms with Gasteiger partial charge < -0.3 is 9.84 Å². The Morgan fingerprint density at radius 3 is 2.38 bits per heavy atom. The molecular formula is C16H11F5O2S. The van der Waals surface area contributed by atoms with Crippen LogP contribution in [0.2, 0.25) is 0 Å². The van der Waals surface area contributed by atoms with Crippen LogP contribution in [0.4, 0.5) is 22.0 Å². The Hall–Kier alpha value is -1.80. The van der Waals surface area contributed by atoms with Crippen LogP contribution in [0.25, 0.3) is 0 Å². The number of aliphatic hydroxyl groups is 1. The van der Waals surface area contributed by atoms with E-state index in [1.807, 2.05) is 0 Å². The maximum atomic E-state index is 13.2. The Balaban J connectivity index is 1.98. The minimum absolute atomic E-state index is 0.0970. The third kappa shape index (κ3) is 3.64. The summed E-state index contributed by atoms with van der Waals surface area (Å²) in [5.41, 5.74) is -3.91. The van der Waals surface area contributed by atoms with E-state index in [0.29, 0.717) is 18.1 Å². The number of hydrogen-bond donors (Lipinski definition) is 1. The zero-order valence-electron chi connectivity index (χ0n) is 12.0. The van der Waals surface area contributed by atoms with Crippen LogP contribution in [0.1, 0.15) is 23.7 Å². The highest BCUT2D eigenvalue weighted by Gasteiger charge is 2.35. The molecule has 0 aliphatic heterocycles. The van der Waals surface area contributed by atoms with E-state index >= 15 is 0 Å². The highest BCUT2D eigenvalue weighted by atomic mass is 32.2. The Kier molecular flexibility index (Phi) is 4.44. The third-order valence-corrected chi connectivity index (χ3v) is 4.37. The SMILES string of the molecule is OC1CCc2c(Oc3cc(F)cc(F)c3)ccc(SC(F)(F)F)c21. The Labute approximate surface area is 138 Å². The van der Waals surface area contributed by atoms with E-state index in [4.69, 9.17) is 4.74 Å². The monoisotopic (exact) mass is 362 g/mol. The second-order valence-corrected chi connectivity index (χ2v) is 6.37. The van der Waals surface area contributed by atoms with Crippen molar-refractivity contribution in [3.05, 3.63) is 53.1 Å². The van der Waals surface area contributed by atoms with E-state index in [1.54, 1.807) is 0 Å². The molecule has 1 aliphatic rings. The van der Waals surface area contributed by atoms with Gasteiger partial charge in [-0.15, -0.1) is 0 Å². The van der Waals surface area contributed by atoms with E-state index < -0.39 is 23.2 Å². The lowest BCUT2D eigenvalue weighted by Gasteiger charge is -2.16. The number of fused-ring (bicyclic) bond motifs is 1. The largest absolute Gasteiger partial charge is 0.457 e. The second-order valence-electron chi connectivity index (χ2n) is 5.26. The van der Waals surface area contributed by atoms with Gasteiger partial charge in [0.15, 0.2) is 0 Å². The molecular weight excluding hydrogens is 351 g/mol. The molecule has 128 valence electrons. The molecule has 0 radical (unpaired) electrons. The van der Waals surface area contributed by atoms with Crippen LogP contribution in [-0.2, 0) is 6.42 Å². The Morgan fingerprint density at radius 2 is 1.75 bits per heavy atom. The van der Waals surface area contributed by atoms with Crippen LogP contribution < -0.4 is 4.74 Å². The quantitative estimate of drug-likeness (QED) is 0.590. The molecule has 1 unspecified atom stereocenters. The summed E-state index contributed by atoms with van der Waals surface area (Å²) in [7, 11) is 0. The molecule has 0 saturated heterocycles. The average Bonchev–Trinajstić information content (AvgIpc) is 2.82. The van der Waals surface area contributed by atoms with Crippen molar-refractivity contribution in [3.8, 4) is 11.5 Å². The molecule has 1 aliphatic carbocycles. The van der Waals surface area contributed by atoms with Gasteiger partial charge in [0.2, 0.25) is 0 Å². The average molecular weight is 362 g/mol. The topological polar surface area (TPSA) is 29.5 Å². The molecule has 2 aromatic carbocycles. The fourth-order valence-electron chi connectivity index (χ4n) is 2.70. The first kappa shape index (κ1) is 17.0. The van der Waals surface area contributed by atoms with Crippen molar-refractivity contribution in [2.75, 3.05) is 0 Å². The molecule has 0 fully saturated rings. The summed E-state index contributed by atoms with van der Waals surface area (Å²) in [6, 6.07) is 5.13. The van der Waals surface area contributed by atoms with Gasteiger partial charge in [0.25, 0.3) is 0 Å². The molecule has 24 heavy (non-hydrogen) atoms. The van der Waals surface area contributed by atoms with Crippen molar-refractivity contribution >= 4 is 11.8 Å². The zero-order valence-corrected chi connectivity index (χ0v) is 12.8. The highest BCUT2D eigenvalue weighted by molar-refractivity contribution is 8.00. The number of aliphatic hydroxyl groups excluding tert-OH is 1. The van der Waals surface area contributed by atoms with Gasteiger partial charge in [-0.25, -0.2) is 8.78 Å². The summed E-state index contributed by atoms with van der Waals surface area (Å²) in [6.45, 7) is 0. The van der Waals surface area contributed by atoms with Gasteiger partial charge in [-0.2, -0.15) is 13.2 Å². The van der Waals surface area contributed by atoms with Crippen LogP contribution in [-0.4, -0.2) is 10.6 Å². The summed E-state index contributed by atoms with van der Waals surface area (Å²) < 4.78 is 69.8. The van der Waals surface area contributed by atoms with E-state index in [-0.39, 0.29) is 40.1 Å². The molecule has 0 aromatic heterocycles. The molecule has 0 saturated carbocycles. The summed E-state index contributed by atoms with van der Waals surface area (Å²) in [5.74, 6) is -1.58. The van der Waals surface area contributed by atoms with Crippen LogP contribution >= 0.6 is 11.8 Å². The Bertz CT molecular complexity index is 756. The lowest BCUT2D eigenvalue weighted by atomic mass is 10.1. The van der Waals surface area contributed by atoms with Crippen LogP contribution in [0.5, 0.6) is 11.5 Å². The molecule has 0 spiro atoms. The lowest BCUT2D eigenvalue weighted by molar-refractivity contribution is -0.0328. The minimum Gasteiger partial charge on any atom is -0.457 e. The van der Waals surface area contributed by atoms with Crippen molar-refractivity contribution in [3.63, 3.8) is 0 Å². The normalized spacial score (nSPS) is 17.0. The molecule has 0 bridgehead atoms. The number of hydrogen-bond acceptors (Lipinski definition) is 3. The first-order chi connectivity index (χ1) is 11.2. The molecule has 1 N–H and O–H groups in total. The van der Waals surface area contributed by atoms with Crippen molar-refractivity contribution in [1.29, 1.82) is 0 Å². The van der Waals surface area contributed by atoms with Crippen LogP contribution in [0, 0.1) is 11.6 Å². The van der Waals surface area contributed by atoms with Gasteiger partial charge in [0.05, 0.1) is 6.10 Å². The number of benzene rings is 2. The first-order valence-electron chi connectivity index (χ1n) is 6.96. The van der Waals surface area contributed by atoms with Gasteiger partial charge in [0.1, 0.15) is 23.1 Å². The summed E-state index contributed by atoms with van der Waals surface area (Å²) >= 11 is -0.306. The number of alkyl halides is 3. The molecule has 8 heteroatoms. The van der Waals surface area contributed by atoms with Gasteiger partial charge in [-0.1, -0.05) is 0 Å². The maximum absolute atomic E-state index is 13.2. The minimum atomic E-state index is -4.48. The highest BCUT2D eigenvalue weighted by Crippen LogP contribution is 2.47. The van der Waals surface area contributed by atoms with Crippen molar-refractivity contribution in [2.45, 2.75) is 29.3 Å². The van der Waals surface area contributed by atoms with Crippen molar-refractivity contribution < 1.29 is 31.8 Å². The van der Waals surface area contributed by atoms with Gasteiger partial charge in [0, 0.05) is 34.2 Å². The molecule has 1 atom stereocenters. The first-order valence-corrected chi connectivity index (χ1v) is 7.78. The number of thioether (sulfide) groups is 1. The van der Waals surface area contributed by atoms with E-state index in [9.17, 15) is 27.1 Å². The fourth-order valence-corrected chi connectivity index (χ4v) is 3.45. The van der Waals surface area contributed by atoms with Crippen LogP contribution in [0.3, 0.4) is 0 Å². The molecule has 2 nitrogen and oxygen atoms in total. The third-order valence-electron chi connectivity index (χ3n) is 3.56. The van der Waals surface area contributed by atoms with E-state index in [0.717, 1.165) is 12.1 Å². The van der Waals surface area contributed by atoms with Crippen LogP contribution in [0.15, 0.2) is 35.2 Å². The smallest absolute Gasteiger partial charge is 0.446 e. The molecule has 2 aromatic rings. The maximum Gasteiger partial charge on any atom is 0.446 e. The number of rotatable bonds is 3. The molecule has 3 rings (SSSR count). The Morgan fingerprint density at radius 1 is 1.08 bits per heavy atom. The molecule has 0 heterocycles. The van der Waals surface area contributed by atoms with Gasteiger partial charge in [-0.05, 0) is 36.7 Å².